The predicted molar refractivity (Wildman–Crippen MR) is 75.4 cm³/mol. The molecule has 1 aromatic rings. The third kappa shape index (κ3) is 2.98. The summed E-state index contributed by atoms with van der Waals surface area (Å²) in [6, 6.07) is 5.53. The zero-order chi connectivity index (χ0) is 14.0. The normalized spacial score (nSPS) is 20.4. The van der Waals surface area contributed by atoms with Crippen LogP contribution in [-0.4, -0.2) is 55.5 Å². The summed E-state index contributed by atoms with van der Waals surface area (Å²) in [7, 11) is 3.65. The number of amides is 1. The number of ether oxygens (including phenoxy) is 1. The van der Waals surface area contributed by atoms with E-state index in [1.807, 2.05) is 4.90 Å². The highest BCUT2D eigenvalue weighted by Crippen LogP contribution is 2.20. The van der Waals surface area contributed by atoms with E-state index in [4.69, 9.17) is 10.5 Å². The molecule has 1 aliphatic heterocycles. The SMILES string of the molecule is COc1cc(N)cc(C(=O)N2CCN(C)C(C)C2)c1. The second-order valence-electron chi connectivity index (χ2n) is 5.08. The second-order valence-corrected chi connectivity index (χ2v) is 5.08. The molecule has 0 bridgehead atoms. The van der Waals surface area contributed by atoms with Crippen LogP contribution in [0.1, 0.15) is 17.3 Å². The van der Waals surface area contributed by atoms with E-state index in [1.54, 1.807) is 25.3 Å². The van der Waals surface area contributed by atoms with Crippen LogP contribution in [0.3, 0.4) is 0 Å². The molecule has 1 saturated heterocycles. The standard InChI is InChI=1S/C14H21N3O2/c1-10-9-17(5-4-16(10)2)14(18)11-6-12(15)8-13(7-11)19-3/h6-8,10H,4-5,9,15H2,1-3H3. The van der Waals surface area contributed by atoms with Crippen molar-refractivity contribution in [2.45, 2.75) is 13.0 Å². The van der Waals surface area contributed by atoms with E-state index in [0.29, 0.717) is 23.0 Å². The molecule has 1 aromatic carbocycles. The summed E-state index contributed by atoms with van der Waals surface area (Å²) in [5.41, 5.74) is 6.93. The number of nitrogen functional groups attached to an aromatic ring is 1. The van der Waals surface area contributed by atoms with Crippen LogP contribution in [0.2, 0.25) is 0 Å². The molecule has 5 heteroatoms. The van der Waals surface area contributed by atoms with Gasteiger partial charge in [0.05, 0.1) is 7.11 Å². The summed E-state index contributed by atoms with van der Waals surface area (Å²) in [5, 5.41) is 0. The first-order chi connectivity index (χ1) is 9.01. The van der Waals surface area contributed by atoms with Crippen molar-refractivity contribution in [1.82, 2.24) is 9.80 Å². The molecule has 2 rings (SSSR count). The Morgan fingerprint density at radius 1 is 1.37 bits per heavy atom. The van der Waals surface area contributed by atoms with Gasteiger partial charge in [-0.3, -0.25) is 4.79 Å². The number of nitrogens with two attached hydrogens (primary N) is 1. The molecule has 1 amide bonds. The molecule has 19 heavy (non-hydrogen) atoms. The maximum atomic E-state index is 12.5. The van der Waals surface area contributed by atoms with Crippen molar-refractivity contribution < 1.29 is 9.53 Å². The molecular weight excluding hydrogens is 242 g/mol. The molecule has 1 aliphatic rings. The summed E-state index contributed by atoms with van der Waals surface area (Å²) in [4.78, 5) is 16.6. The highest BCUT2D eigenvalue weighted by Gasteiger charge is 2.25. The van der Waals surface area contributed by atoms with Crippen LogP contribution in [0, 0.1) is 0 Å². The number of hydrogen-bond acceptors (Lipinski definition) is 4. The zero-order valence-electron chi connectivity index (χ0n) is 11.7. The largest absolute Gasteiger partial charge is 0.497 e. The van der Waals surface area contributed by atoms with E-state index in [1.165, 1.54) is 0 Å². The number of hydrogen-bond donors (Lipinski definition) is 1. The van der Waals surface area contributed by atoms with E-state index < -0.39 is 0 Å². The first-order valence-electron chi connectivity index (χ1n) is 6.45. The van der Waals surface area contributed by atoms with Crippen LogP contribution in [0.4, 0.5) is 5.69 Å². The molecule has 0 aromatic heterocycles. The molecular formula is C14H21N3O2. The molecule has 1 heterocycles. The van der Waals surface area contributed by atoms with Crippen LogP contribution in [0.15, 0.2) is 18.2 Å². The lowest BCUT2D eigenvalue weighted by Crippen LogP contribution is -2.52. The van der Waals surface area contributed by atoms with Crippen LogP contribution in [0.25, 0.3) is 0 Å². The predicted octanol–water partition coefficient (Wildman–Crippen LogP) is 1.05. The zero-order valence-corrected chi connectivity index (χ0v) is 11.7. The summed E-state index contributed by atoms with van der Waals surface area (Å²) >= 11 is 0. The monoisotopic (exact) mass is 263 g/mol. The van der Waals surface area contributed by atoms with Crippen LogP contribution >= 0.6 is 0 Å². The van der Waals surface area contributed by atoms with Gasteiger partial charge in [-0.2, -0.15) is 0 Å². The number of nitrogens with zero attached hydrogens (tertiary/aromatic N) is 2. The first-order valence-corrected chi connectivity index (χ1v) is 6.45. The van der Waals surface area contributed by atoms with Gasteiger partial charge >= 0.3 is 0 Å². The lowest BCUT2D eigenvalue weighted by molar-refractivity contribution is 0.0572. The van der Waals surface area contributed by atoms with Crippen molar-refractivity contribution in [3.8, 4) is 5.75 Å². The second kappa shape index (κ2) is 5.48. The minimum Gasteiger partial charge on any atom is -0.497 e. The first kappa shape index (κ1) is 13.7. The van der Waals surface area contributed by atoms with Gasteiger partial charge < -0.3 is 20.3 Å². The third-order valence-electron chi connectivity index (χ3n) is 3.66. The molecule has 0 saturated carbocycles. The third-order valence-corrected chi connectivity index (χ3v) is 3.66. The minimum atomic E-state index is 0.0190. The Labute approximate surface area is 113 Å². The number of carbonyl (C=O) groups excluding carboxylic acids is 1. The van der Waals surface area contributed by atoms with Crippen molar-refractivity contribution in [3.05, 3.63) is 23.8 Å². The average molecular weight is 263 g/mol. The average Bonchev–Trinajstić information content (AvgIpc) is 2.40. The number of benzene rings is 1. The molecule has 0 aliphatic carbocycles. The van der Waals surface area contributed by atoms with Crippen molar-refractivity contribution >= 4 is 11.6 Å². The fraction of sp³-hybridized carbons (Fsp3) is 0.500. The van der Waals surface area contributed by atoms with Crippen molar-refractivity contribution in [2.24, 2.45) is 0 Å². The number of carbonyl (C=O) groups is 1. The topological polar surface area (TPSA) is 58.8 Å². The minimum absolute atomic E-state index is 0.0190. The molecule has 1 unspecified atom stereocenters. The fourth-order valence-electron chi connectivity index (χ4n) is 2.28. The Morgan fingerprint density at radius 3 is 2.74 bits per heavy atom. The molecule has 104 valence electrons. The van der Waals surface area contributed by atoms with Crippen molar-refractivity contribution in [1.29, 1.82) is 0 Å². The van der Waals surface area contributed by atoms with E-state index in [2.05, 4.69) is 18.9 Å². The Balaban J connectivity index is 2.17. The smallest absolute Gasteiger partial charge is 0.254 e. The lowest BCUT2D eigenvalue weighted by atomic mass is 10.1. The lowest BCUT2D eigenvalue weighted by Gasteiger charge is -2.37. The quantitative estimate of drug-likeness (QED) is 0.810. The maximum absolute atomic E-state index is 12.5. The molecule has 0 spiro atoms. The Bertz CT molecular complexity index is 476. The molecule has 5 nitrogen and oxygen atoms in total. The van der Waals surface area contributed by atoms with Gasteiger partial charge in [-0.1, -0.05) is 0 Å². The number of anilines is 1. The molecule has 1 fully saturated rings. The van der Waals surface area contributed by atoms with Crippen LogP contribution in [0.5, 0.6) is 5.75 Å². The van der Waals surface area contributed by atoms with Gasteiger partial charge in [0.15, 0.2) is 0 Å². The highest BCUT2D eigenvalue weighted by molar-refractivity contribution is 5.95. The summed E-state index contributed by atoms with van der Waals surface area (Å²) in [5.74, 6) is 0.635. The molecule has 2 N–H and O–H groups in total. The van der Waals surface area contributed by atoms with Gasteiger partial charge in [0, 0.05) is 43.0 Å². The summed E-state index contributed by atoms with van der Waals surface area (Å²) < 4.78 is 5.15. The number of piperazine rings is 1. The van der Waals surface area contributed by atoms with Crippen molar-refractivity contribution in [3.63, 3.8) is 0 Å². The highest BCUT2D eigenvalue weighted by atomic mass is 16.5. The van der Waals surface area contributed by atoms with Gasteiger partial charge in [0.2, 0.25) is 0 Å². The molecule has 1 atom stereocenters. The van der Waals surface area contributed by atoms with Gasteiger partial charge in [-0.15, -0.1) is 0 Å². The summed E-state index contributed by atoms with van der Waals surface area (Å²) in [6.45, 7) is 4.51. The van der Waals surface area contributed by atoms with Gasteiger partial charge in [-0.05, 0) is 26.1 Å². The van der Waals surface area contributed by atoms with Crippen LogP contribution in [-0.2, 0) is 0 Å². The Hall–Kier alpha value is -1.75. The Kier molecular flexibility index (Phi) is 3.95. The van der Waals surface area contributed by atoms with Crippen LogP contribution < -0.4 is 10.5 Å². The van der Waals surface area contributed by atoms with Gasteiger partial charge in [-0.25, -0.2) is 0 Å². The van der Waals surface area contributed by atoms with Gasteiger partial charge in [0.1, 0.15) is 5.75 Å². The Morgan fingerprint density at radius 2 is 2.11 bits per heavy atom. The fourth-order valence-corrected chi connectivity index (χ4v) is 2.28. The van der Waals surface area contributed by atoms with E-state index in [-0.39, 0.29) is 5.91 Å². The maximum Gasteiger partial charge on any atom is 0.254 e. The van der Waals surface area contributed by atoms with Gasteiger partial charge in [0.25, 0.3) is 5.91 Å². The van der Waals surface area contributed by atoms with Crippen molar-refractivity contribution in [2.75, 3.05) is 39.5 Å². The van der Waals surface area contributed by atoms with E-state index >= 15 is 0 Å². The number of rotatable bonds is 2. The molecule has 0 radical (unpaired) electrons. The van der Waals surface area contributed by atoms with E-state index in [0.717, 1.165) is 19.6 Å². The summed E-state index contributed by atoms with van der Waals surface area (Å²) in [6.07, 6.45) is 0. The number of methoxy groups -OCH3 is 1. The van der Waals surface area contributed by atoms with E-state index in [9.17, 15) is 4.79 Å². The number of likely N-dealkylation sites (N-methyl/N-ethyl adjacent to an activating group) is 1.